The zero-order valence-electron chi connectivity index (χ0n) is 19.3. The molecule has 0 atom stereocenters. The van der Waals surface area contributed by atoms with E-state index in [1.165, 1.54) is 24.3 Å². The number of nitrogens with zero attached hydrogens (tertiary/aromatic N) is 1. The Kier molecular flexibility index (Phi) is 8.99. The summed E-state index contributed by atoms with van der Waals surface area (Å²) < 4.78 is 70.6. The molecule has 1 amide bonds. The highest BCUT2D eigenvalue weighted by Gasteiger charge is 2.32. The van der Waals surface area contributed by atoms with Crippen LogP contribution in [-0.2, 0) is 34.1 Å². The lowest BCUT2D eigenvalue weighted by molar-refractivity contribution is -0.137. The van der Waals surface area contributed by atoms with Gasteiger partial charge in [-0.05, 0) is 41.5 Å². The molecule has 11 heteroatoms. The van der Waals surface area contributed by atoms with Gasteiger partial charge in [0.1, 0.15) is 0 Å². The van der Waals surface area contributed by atoms with Crippen molar-refractivity contribution in [3.05, 3.63) is 100 Å². The molecule has 0 unspecified atom stereocenters. The molecule has 0 saturated carbocycles. The minimum absolute atomic E-state index is 0.140. The van der Waals surface area contributed by atoms with Crippen molar-refractivity contribution in [2.45, 2.75) is 19.3 Å². The van der Waals surface area contributed by atoms with Crippen molar-refractivity contribution >= 4 is 33.2 Å². The SMILES string of the molecule is CS(=O)(=O)N(Cc1ccc(C(=O)NCCOCc2ccccc2)cc1)c1cc(C(F)(F)F)ccc1Cl. The number of rotatable bonds is 10. The fourth-order valence-corrected chi connectivity index (χ4v) is 4.45. The first-order chi connectivity index (χ1) is 16.9. The quantitative estimate of drug-likeness (QED) is 0.355. The van der Waals surface area contributed by atoms with Gasteiger partial charge < -0.3 is 10.1 Å². The van der Waals surface area contributed by atoms with Gasteiger partial charge >= 0.3 is 6.18 Å². The molecule has 3 aromatic carbocycles. The topological polar surface area (TPSA) is 75.7 Å². The number of ether oxygens (including phenoxy) is 1. The van der Waals surface area contributed by atoms with Gasteiger partial charge in [-0.2, -0.15) is 13.2 Å². The first-order valence-corrected chi connectivity index (χ1v) is 13.0. The number of anilines is 1. The molecule has 0 radical (unpaired) electrons. The van der Waals surface area contributed by atoms with Crippen LogP contribution in [0.25, 0.3) is 0 Å². The Bertz CT molecular complexity index is 1280. The number of sulfonamides is 1. The maximum absolute atomic E-state index is 13.2. The summed E-state index contributed by atoms with van der Waals surface area (Å²) in [6, 6.07) is 18.2. The Hall–Kier alpha value is -3.08. The van der Waals surface area contributed by atoms with Crippen molar-refractivity contribution in [1.82, 2.24) is 5.32 Å². The minimum atomic E-state index is -4.66. The van der Waals surface area contributed by atoms with Gasteiger partial charge in [0, 0.05) is 12.1 Å². The highest BCUT2D eigenvalue weighted by Crippen LogP contribution is 2.36. The van der Waals surface area contributed by atoms with Crippen LogP contribution in [0.15, 0.2) is 72.8 Å². The number of carbonyl (C=O) groups is 1. The molecule has 36 heavy (non-hydrogen) atoms. The second-order valence-corrected chi connectivity index (χ2v) is 10.2. The number of amides is 1. The summed E-state index contributed by atoms with van der Waals surface area (Å²) in [6.07, 6.45) is -3.78. The van der Waals surface area contributed by atoms with Gasteiger partial charge in [-0.1, -0.05) is 54.1 Å². The molecule has 0 heterocycles. The lowest BCUT2D eigenvalue weighted by Crippen LogP contribution is -2.30. The Morgan fingerprint density at radius 2 is 1.67 bits per heavy atom. The van der Waals surface area contributed by atoms with Gasteiger partial charge in [0.05, 0.1) is 42.3 Å². The van der Waals surface area contributed by atoms with Crippen LogP contribution in [0.4, 0.5) is 18.9 Å². The van der Waals surface area contributed by atoms with Gasteiger partial charge in [-0.25, -0.2) is 8.42 Å². The summed E-state index contributed by atoms with van der Waals surface area (Å²) in [6.45, 7) is 0.774. The summed E-state index contributed by atoms with van der Waals surface area (Å²) in [7, 11) is -3.98. The molecule has 0 aromatic heterocycles. The fraction of sp³-hybridized carbons (Fsp3) is 0.240. The van der Waals surface area contributed by atoms with Gasteiger partial charge in [0.25, 0.3) is 5.91 Å². The van der Waals surface area contributed by atoms with E-state index >= 15 is 0 Å². The van der Waals surface area contributed by atoms with Crippen LogP contribution >= 0.6 is 11.6 Å². The van der Waals surface area contributed by atoms with Crippen molar-refractivity contribution < 1.29 is 31.1 Å². The first-order valence-electron chi connectivity index (χ1n) is 10.8. The highest BCUT2D eigenvalue weighted by molar-refractivity contribution is 7.92. The number of hydrogen-bond acceptors (Lipinski definition) is 4. The lowest BCUT2D eigenvalue weighted by Gasteiger charge is -2.24. The number of halogens is 4. The summed E-state index contributed by atoms with van der Waals surface area (Å²) in [5.41, 5.74) is 0.511. The number of alkyl halides is 3. The summed E-state index contributed by atoms with van der Waals surface area (Å²) >= 11 is 6.05. The second kappa shape index (κ2) is 11.8. The molecular formula is C25H24ClF3N2O4S. The van der Waals surface area contributed by atoms with Crippen LogP contribution < -0.4 is 9.62 Å². The molecule has 0 spiro atoms. The molecule has 3 aromatic rings. The molecule has 1 N–H and O–H groups in total. The van der Waals surface area contributed by atoms with E-state index < -0.39 is 21.8 Å². The Morgan fingerprint density at radius 1 is 1.00 bits per heavy atom. The third-order valence-corrected chi connectivity index (χ3v) is 6.57. The fourth-order valence-electron chi connectivity index (χ4n) is 3.29. The Labute approximate surface area is 212 Å². The standard InChI is InChI=1S/C25H24ClF3N2O4S/c1-36(33,34)31(23-15-21(25(27,28)29)11-12-22(23)26)16-18-7-9-20(10-8-18)24(32)30-13-14-35-17-19-5-3-2-4-6-19/h2-12,15H,13-14,16-17H2,1H3,(H,30,32). The molecule has 0 saturated heterocycles. The largest absolute Gasteiger partial charge is 0.416 e. The molecule has 3 rings (SSSR count). The Morgan fingerprint density at radius 3 is 2.28 bits per heavy atom. The van der Waals surface area contributed by atoms with Crippen LogP contribution in [0.2, 0.25) is 5.02 Å². The summed E-state index contributed by atoms with van der Waals surface area (Å²) in [5, 5.41) is 2.59. The van der Waals surface area contributed by atoms with Crippen LogP contribution in [0, 0.1) is 0 Å². The summed E-state index contributed by atoms with van der Waals surface area (Å²) in [5.74, 6) is -0.342. The molecular weight excluding hydrogens is 517 g/mol. The normalized spacial score (nSPS) is 11.8. The van der Waals surface area contributed by atoms with Crippen LogP contribution in [0.1, 0.15) is 27.0 Å². The van der Waals surface area contributed by atoms with Crippen molar-refractivity contribution in [2.75, 3.05) is 23.7 Å². The van der Waals surface area contributed by atoms with E-state index in [0.717, 1.165) is 28.3 Å². The van der Waals surface area contributed by atoms with Crippen molar-refractivity contribution in [3.8, 4) is 0 Å². The number of benzene rings is 3. The van der Waals surface area contributed by atoms with Crippen molar-refractivity contribution in [3.63, 3.8) is 0 Å². The summed E-state index contributed by atoms with van der Waals surface area (Å²) in [4.78, 5) is 12.4. The van der Waals surface area contributed by atoms with Gasteiger partial charge in [0.15, 0.2) is 0 Å². The molecule has 0 bridgehead atoms. The first kappa shape index (κ1) is 27.5. The van der Waals surface area contributed by atoms with E-state index in [4.69, 9.17) is 16.3 Å². The van der Waals surface area contributed by atoms with Gasteiger partial charge in [-0.3, -0.25) is 9.10 Å². The van der Waals surface area contributed by atoms with Crippen molar-refractivity contribution in [1.29, 1.82) is 0 Å². The van der Waals surface area contributed by atoms with Crippen LogP contribution in [0.3, 0.4) is 0 Å². The van der Waals surface area contributed by atoms with Gasteiger partial charge in [0.2, 0.25) is 10.0 Å². The smallest absolute Gasteiger partial charge is 0.375 e. The van der Waals surface area contributed by atoms with E-state index in [2.05, 4.69) is 5.32 Å². The number of carbonyl (C=O) groups excluding carboxylic acids is 1. The average Bonchev–Trinajstić information content (AvgIpc) is 2.82. The average molecular weight is 541 g/mol. The van der Waals surface area contributed by atoms with Crippen LogP contribution in [0.5, 0.6) is 0 Å². The number of nitrogens with one attached hydrogen (secondary N) is 1. The van der Waals surface area contributed by atoms with Crippen molar-refractivity contribution in [2.24, 2.45) is 0 Å². The monoisotopic (exact) mass is 540 g/mol. The predicted octanol–water partition coefficient (Wildman–Crippen LogP) is 5.27. The van der Waals surface area contributed by atoms with Crippen LogP contribution in [-0.4, -0.2) is 33.7 Å². The molecule has 0 fully saturated rings. The Balaban J connectivity index is 1.63. The lowest BCUT2D eigenvalue weighted by atomic mass is 10.1. The second-order valence-electron chi connectivity index (χ2n) is 7.92. The molecule has 0 aliphatic rings. The third-order valence-electron chi connectivity index (χ3n) is 5.13. The van der Waals surface area contributed by atoms with E-state index in [-0.39, 0.29) is 23.2 Å². The zero-order valence-corrected chi connectivity index (χ0v) is 20.8. The van der Waals surface area contributed by atoms with Gasteiger partial charge in [-0.15, -0.1) is 0 Å². The molecule has 0 aliphatic heterocycles. The van der Waals surface area contributed by atoms with E-state index in [1.807, 2.05) is 30.3 Å². The van der Waals surface area contributed by atoms with E-state index in [9.17, 15) is 26.4 Å². The molecule has 6 nitrogen and oxygen atoms in total. The molecule has 192 valence electrons. The maximum atomic E-state index is 13.2. The number of hydrogen-bond donors (Lipinski definition) is 1. The highest BCUT2D eigenvalue weighted by atomic mass is 35.5. The molecule has 0 aliphatic carbocycles. The maximum Gasteiger partial charge on any atom is 0.416 e. The predicted molar refractivity (Wildman–Crippen MR) is 132 cm³/mol. The zero-order chi connectivity index (χ0) is 26.3. The van der Waals surface area contributed by atoms with E-state index in [1.54, 1.807) is 0 Å². The minimum Gasteiger partial charge on any atom is -0.375 e. The van der Waals surface area contributed by atoms with E-state index in [0.29, 0.717) is 37.0 Å². The third kappa shape index (κ3) is 7.71.